The number of nitrogens with zero attached hydrogens (tertiary/aromatic N) is 1. The lowest BCUT2D eigenvalue weighted by atomic mass is 9.74. The third-order valence-corrected chi connectivity index (χ3v) is 4.60. The van der Waals surface area contributed by atoms with E-state index in [0.717, 1.165) is 12.5 Å². The van der Waals surface area contributed by atoms with Gasteiger partial charge in [-0.15, -0.1) is 0 Å². The molecule has 0 fully saturated rings. The molecule has 1 aromatic carbocycles. The Morgan fingerprint density at radius 3 is 2.61 bits per heavy atom. The fraction of sp³-hybridized carbons (Fsp3) is 0.647. The molecule has 0 radical (unpaired) electrons. The van der Waals surface area contributed by atoms with Crippen LogP contribution in [0.3, 0.4) is 0 Å². The van der Waals surface area contributed by atoms with Crippen LogP contribution in [0.2, 0.25) is 0 Å². The Morgan fingerprint density at radius 1 is 1.17 bits per heavy atom. The lowest BCUT2D eigenvalue weighted by Gasteiger charge is -2.38. The highest BCUT2D eigenvalue weighted by Gasteiger charge is 2.30. The van der Waals surface area contributed by atoms with Gasteiger partial charge in [-0.1, -0.05) is 32.9 Å². The summed E-state index contributed by atoms with van der Waals surface area (Å²) >= 11 is 0. The molecule has 1 aromatic rings. The first-order valence-corrected chi connectivity index (χ1v) is 7.30. The lowest BCUT2D eigenvalue weighted by molar-refractivity contribution is 0.266. The van der Waals surface area contributed by atoms with Crippen LogP contribution < -0.4 is 0 Å². The number of aryl methyl sites for hydroxylation is 1. The molecule has 2 aliphatic rings. The second-order valence-corrected chi connectivity index (χ2v) is 7.24. The molecule has 1 heteroatoms. The van der Waals surface area contributed by atoms with E-state index in [-0.39, 0.29) is 5.41 Å². The Kier molecular flexibility index (Phi) is 2.78. The van der Waals surface area contributed by atoms with Gasteiger partial charge in [-0.3, -0.25) is 0 Å². The van der Waals surface area contributed by atoms with Crippen molar-refractivity contribution in [1.29, 1.82) is 0 Å². The predicted octanol–water partition coefficient (Wildman–Crippen LogP) is 3.85. The molecule has 0 N–H and O–H groups in total. The molecule has 18 heavy (non-hydrogen) atoms. The summed E-state index contributed by atoms with van der Waals surface area (Å²) in [4.78, 5) is 2.49. The van der Waals surface area contributed by atoms with Gasteiger partial charge in [0.2, 0.25) is 0 Å². The normalized spacial score (nSPS) is 23.9. The molecule has 1 nitrogen and oxygen atoms in total. The van der Waals surface area contributed by atoms with Crippen LogP contribution in [0.25, 0.3) is 0 Å². The molecule has 1 aliphatic carbocycles. The molecule has 0 spiro atoms. The lowest BCUT2D eigenvalue weighted by Crippen LogP contribution is -2.33. The molecule has 0 amide bonds. The average Bonchev–Trinajstić information content (AvgIpc) is 2.27. The zero-order valence-electron chi connectivity index (χ0n) is 12.2. The fourth-order valence-corrected chi connectivity index (χ4v) is 3.67. The zero-order chi connectivity index (χ0) is 12.9. The Balaban J connectivity index is 2.14. The minimum absolute atomic E-state index is 0.272. The van der Waals surface area contributed by atoms with Crippen LogP contribution in [0.4, 0.5) is 0 Å². The van der Waals surface area contributed by atoms with Gasteiger partial charge >= 0.3 is 0 Å². The average molecular weight is 243 g/mol. The van der Waals surface area contributed by atoms with Crippen molar-refractivity contribution >= 4 is 0 Å². The topological polar surface area (TPSA) is 3.24 Å². The van der Waals surface area contributed by atoms with Crippen molar-refractivity contribution in [3.05, 3.63) is 34.4 Å². The second kappa shape index (κ2) is 4.09. The molecule has 0 unspecified atom stereocenters. The highest BCUT2D eigenvalue weighted by atomic mass is 15.1. The van der Waals surface area contributed by atoms with Crippen molar-refractivity contribution in [2.75, 3.05) is 13.6 Å². The predicted molar refractivity (Wildman–Crippen MR) is 77.2 cm³/mol. The molecule has 1 heterocycles. The van der Waals surface area contributed by atoms with E-state index in [9.17, 15) is 0 Å². The minimum Gasteiger partial charge on any atom is -0.301 e. The highest BCUT2D eigenvalue weighted by Crippen LogP contribution is 2.40. The summed E-state index contributed by atoms with van der Waals surface area (Å²) in [5.74, 6) is 0.802. The van der Waals surface area contributed by atoms with Gasteiger partial charge in [0.1, 0.15) is 0 Å². The van der Waals surface area contributed by atoms with Gasteiger partial charge in [0.25, 0.3) is 0 Å². The molecule has 3 rings (SSSR count). The van der Waals surface area contributed by atoms with Gasteiger partial charge in [0, 0.05) is 13.1 Å². The Morgan fingerprint density at radius 2 is 1.89 bits per heavy atom. The summed E-state index contributed by atoms with van der Waals surface area (Å²) in [6.45, 7) is 9.38. The minimum atomic E-state index is 0.272. The van der Waals surface area contributed by atoms with Gasteiger partial charge in [0.15, 0.2) is 0 Å². The van der Waals surface area contributed by atoms with Gasteiger partial charge in [-0.2, -0.15) is 0 Å². The molecule has 1 aliphatic heterocycles. The van der Waals surface area contributed by atoms with Crippen molar-refractivity contribution in [2.24, 2.45) is 0 Å². The number of benzene rings is 1. The summed E-state index contributed by atoms with van der Waals surface area (Å²) in [7, 11) is 2.26. The molecule has 0 aromatic heterocycles. The van der Waals surface area contributed by atoms with Crippen molar-refractivity contribution in [1.82, 2.24) is 4.90 Å². The summed E-state index contributed by atoms with van der Waals surface area (Å²) in [5, 5.41) is 0. The summed E-state index contributed by atoms with van der Waals surface area (Å²) in [6.07, 6.45) is 4.06. The smallest absolute Gasteiger partial charge is 0.0233 e. The van der Waals surface area contributed by atoms with Gasteiger partial charge < -0.3 is 4.90 Å². The van der Waals surface area contributed by atoms with Crippen molar-refractivity contribution in [3.8, 4) is 0 Å². The van der Waals surface area contributed by atoms with Crippen LogP contribution in [0.1, 0.15) is 61.8 Å². The first-order chi connectivity index (χ1) is 8.45. The van der Waals surface area contributed by atoms with E-state index in [1.807, 2.05) is 0 Å². The monoisotopic (exact) mass is 243 g/mol. The first kappa shape index (κ1) is 12.2. The maximum absolute atomic E-state index is 2.50. The quantitative estimate of drug-likeness (QED) is 0.669. The van der Waals surface area contributed by atoms with E-state index >= 15 is 0 Å². The number of likely N-dealkylation sites (N-methyl/N-ethyl adjacent to an activating group) is 1. The summed E-state index contributed by atoms with van der Waals surface area (Å²) in [6, 6.07) is 4.98. The maximum atomic E-state index is 2.50. The standard InChI is InChI=1S/C17H25N/c1-17(2,3)15-8-12-6-5-7-13-10-18(4)11-14(9-15)16(12)13/h8-9,13H,5-7,10-11H2,1-4H3/t13-/m1/s1. The summed E-state index contributed by atoms with van der Waals surface area (Å²) in [5.41, 5.74) is 6.77. The van der Waals surface area contributed by atoms with E-state index in [0.29, 0.717) is 0 Å². The van der Waals surface area contributed by atoms with Crippen LogP contribution in [0.15, 0.2) is 12.1 Å². The van der Waals surface area contributed by atoms with Crippen LogP contribution in [0.5, 0.6) is 0 Å². The number of hydrogen-bond acceptors (Lipinski definition) is 1. The van der Waals surface area contributed by atoms with Gasteiger partial charge in [-0.25, -0.2) is 0 Å². The zero-order valence-corrected chi connectivity index (χ0v) is 12.2. The molecule has 98 valence electrons. The van der Waals surface area contributed by atoms with Gasteiger partial charge in [0.05, 0.1) is 0 Å². The Labute approximate surface area is 111 Å². The van der Waals surface area contributed by atoms with Crippen LogP contribution in [-0.4, -0.2) is 18.5 Å². The Hall–Kier alpha value is -0.820. The van der Waals surface area contributed by atoms with Crippen molar-refractivity contribution < 1.29 is 0 Å². The molecular formula is C17H25N. The van der Waals surface area contributed by atoms with E-state index in [1.54, 1.807) is 16.7 Å². The molecular weight excluding hydrogens is 218 g/mol. The number of hydrogen-bond donors (Lipinski definition) is 0. The molecule has 0 bridgehead atoms. The third kappa shape index (κ3) is 1.99. The molecule has 0 saturated carbocycles. The number of rotatable bonds is 0. The summed E-state index contributed by atoms with van der Waals surface area (Å²) < 4.78 is 0. The highest BCUT2D eigenvalue weighted by molar-refractivity contribution is 5.46. The molecule has 1 atom stereocenters. The third-order valence-electron chi connectivity index (χ3n) is 4.60. The van der Waals surface area contributed by atoms with E-state index < -0.39 is 0 Å². The van der Waals surface area contributed by atoms with E-state index in [1.165, 1.54) is 31.4 Å². The largest absolute Gasteiger partial charge is 0.301 e. The SMILES string of the molecule is CN1Cc2cc(C(C)(C)C)cc3c2[C@H](CCC3)C1. The first-order valence-electron chi connectivity index (χ1n) is 7.30. The van der Waals surface area contributed by atoms with Crippen LogP contribution in [-0.2, 0) is 18.4 Å². The maximum Gasteiger partial charge on any atom is 0.0233 e. The fourth-order valence-electron chi connectivity index (χ4n) is 3.67. The van der Waals surface area contributed by atoms with Crippen LogP contribution >= 0.6 is 0 Å². The van der Waals surface area contributed by atoms with Gasteiger partial charge in [-0.05, 0) is 59.9 Å². The van der Waals surface area contributed by atoms with Crippen LogP contribution in [0, 0.1) is 0 Å². The molecule has 0 saturated heterocycles. The van der Waals surface area contributed by atoms with Crippen molar-refractivity contribution in [3.63, 3.8) is 0 Å². The van der Waals surface area contributed by atoms with Crippen molar-refractivity contribution in [2.45, 2.75) is 57.9 Å². The second-order valence-electron chi connectivity index (χ2n) is 7.24. The Bertz CT molecular complexity index is 467. The van der Waals surface area contributed by atoms with E-state index in [4.69, 9.17) is 0 Å². The van der Waals surface area contributed by atoms with E-state index in [2.05, 4.69) is 44.9 Å².